The molecule has 0 aliphatic carbocycles. The maximum absolute atomic E-state index is 11.9. The standard InChI is InChI=1S/C14H20N2O8/c1-7-5-16(14(22)15-13(7)21)10-4-8(17)9(24-10)6-23-12(20)3-2-11(18)19/h7-10,17H,2-6H2,1H3,(H,18,19)(H,15,21,22)/t7?,8-,9+,10+/m0/s1. The number of ether oxygens (including phenoxy) is 2. The number of amides is 3. The van der Waals surface area contributed by atoms with Gasteiger partial charge in [0.25, 0.3) is 0 Å². The van der Waals surface area contributed by atoms with Gasteiger partial charge in [-0.2, -0.15) is 0 Å². The zero-order valence-corrected chi connectivity index (χ0v) is 13.1. The summed E-state index contributed by atoms with van der Waals surface area (Å²) in [7, 11) is 0. The Bertz CT molecular complexity index is 537. The number of aliphatic hydroxyl groups excluding tert-OH is 1. The van der Waals surface area contributed by atoms with Gasteiger partial charge >= 0.3 is 18.0 Å². The highest BCUT2D eigenvalue weighted by atomic mass is 16.6. The predicted molar refractivity (Wildman–Crippen MR) is 76.5 cm³/mol. The SMILES string of the molecule is CC1CN([C@H]2C[C@H](O)[C@@H](COC(=O)CCC(=O)O)O2)C(=O)NC1=O. The molecule has 10 nitrogen and oxygen atoms in total. The van der Waals surface area contributed by atoms with Gasteiger partial charge in [0.2, 0.25) is 5.91 Å². The molecule has 3 amide bonds. The van der Waals surface area contributed by atoms with Crippen molar-refractivity contribution in [1.29, 1.82) is 0 Å². The number of esters is 1. The highest BCUT2D eigenvalue weighted by Crippen LogP contribution is 2.26. The van der Waals surface area contributed by atoms with Crippen molar-refractivity contribution in [2.24, 2.45) is 5.92 Å². The fourth-order valence-corrected chi connectivity index (χ4v) is 2.52. The van der Waals surface area contributed by atoms with Crippen molar-refractivity contribution in [2.45, 2.75) is 44.6 Å². The lowest BCUT2D eigenvalue weighted by Gasteiger charge is -2.34. The minimum atomic E-state index is -1.11. The Hall–Kier alpha value is -2.20. The number of nitrogens with zero attached hydrogens (tertiary/aromatic N) is 1. The van der Waals surface area contributed by atoms with E-state index in [2.05, 4.69) is 5.32 Å². The Morgan fingerprint density at radius 2 is 2.08 bits per heavy atom. The van der Waals surface area contributed by atoms with Crippen LogP contribution in [0.25, 0.3) is 0 Å². The third-order valence-corrected chi connectivity index (χ3v) is 3.91. The van der Waals surface area contributed by atoms with Gasteiger partial charge in [-0.05, 0) is 0 Å². The molecule has 2 aliphatic rings. The second-order valence-electron chi connectivity index (χ2n) is 5.86. The molecular formula is C14H20N2O8. The van der Waals surface area contributed by atoms with Crippen LogP contribution in [-0.4, -0.2) is 70.6 Å². The van der Waals surface area contributed by atoms with E-state index < -0.39 is 42.3 Å². The molecule has 0 spiro atoms. The fourth-order valence-electron chi connectivity index (χ4n) is 2.52. The number of carbonyl (C=O) groups is 4. The molecule has 2 rings (SSSR count). The summed E-state index contributed by atoms with van der Waals surface area (Å²) in [5.74, 6) is -2.56. The Labute approximate surface area is 137 Å². The van der Waals surface area contributed by atoms with Crippen LogP contribution in [0.4, 0.5) is 4.79 Å². The van der Waals surface area contributed by atoms with Gasteiger partial charge in [0.15, 0.2) is 0 Å². The normalized spacial score (nSPS) is 30.2. The van der Waals surface area contributed by atoms with E-state index in [1.165, 1.54) is 4.90 Å². The zero-order valence-electron chi connectivity index (χ0n) is 13.1. The lowest BCUT2D eigenvalue weighted by atomic mass is 10.1. The van der Waals surface area contributed by atoms with Gasteiger partial charge in [0, 0.05) is 13.0 Å². The molecular weight excluding hydrogens is 324 g/mol. The summed E-state index contributed by atoms with van der Waals surface area (Å²) < 4.78 is 10.4. The molecule has 2 aliphatic heterocycles. The van der Waals surface area contributed by atoms with E-state index in [1.807, 2.05) is 0 Å². The number of urea groups is 1. The maximum atomic E-state index is 11.9. The van der Waals surface area contributed by atoms with Crippen molar-refractivity contribution in [3.8, 4) is 0 Å². The van der Waals surface area contributed by atoms with Crippen LogP contribution in [0, 0.1) is 5.92 Å². The quantitative estimate of drug-likeness (QED) is 0.524. The largest absolute Gasteiger partial charge is 0.481 e. The number of hydrogen-bond donors (Lipinski definition) is 3. The summed E-state index contributed by atoms with van der Waals surface area (Å²) >= 11 is 0. The van der Waals surface area contributed by atoms with E-state index in [0.717, 1.165) is 0 Å². The number of carbonyl (C=O) groups excluding carboxylic acids is 3. The van der Waals surface area contributed by atoms with Gasteiger partial charge in [0.05, 0.1) is 24.9 Å². The van der Waals surface area contributed by atoms with Crippen LogP contribution < -0.4 is 5.32 Å². The van der Waals surface area contributed by atoms with Crippen LogP contribution in [-0.2, 0) is 23.9 Å². The first-order valence-corrected chi connectivity index (χ1v) is 7.60. The van der Waals surface area contributed by atoms with Gasteiger partial charge in [-0.1, -0.05) is 6.92 Å². The fraction of sp³-hybridized carbons (Fsp3) is 0.714. The van der Waals surface area contributed by atoms with Gasteiger partial charge in [-0.3, -0.25) is 24.6 Å². The van der Waals surface area contributed by atoms with Crippen molar-refractivity contribution in [2.75, 3.05) is 13.2 Å². The molecule has 3 N–H and O–H groups in total. The van der Waals surface area contributed by atoms with E-state index >= 15 is 0 Å². The van der Waals surface area contributed by atoms with Crippen molar-refractivity contribution in [3.05, 3.63) is 0 Å². The van der Waals surface area contributed by atoms with Gasteiger partial charge in [-0.25, -0.2) is 4.79 Å². The summed E-state index contributed by atoms with van der Waals surface area (Å²) in [5, 5.41) is 20.7. The van der Waals surface area contributed by atoms with Gasteiger partial charge in [-0.15, -0.1) is 0 Å². The van der Waals surface area contributed by atoms with Crippen LogP contribution in [0.15, 0.2) is 0 Å². The summed E-state index contributed by atoms with van der Waals surface area (Å²) in [5.41, 5.74) is 0. The molecule has 1 unspecified atom stereocenters. The molecule has 0 aromatic heterocycles. The number of carboxylic acids is 1. The Balaban J connectivity index is 1.83. The van der Waals surface area contributed by atoms with Gasteiger partial charge in [0.1, 0.15) is 18.9 Å². The molecule has 0 saturated carbocycles. The molecule has 0 bridgehead atoms. The zero-order chi connectivity index (χ0) is 17.9. The Morgan fingerprint density at radius 1 is 1.38 bits per heavy atom. The molecule has 10 heteroatoms. The third kappa shape index (κ3) is 4.42. The average Bonchev–Trinajstić information content (AvgIpc) is 2.87. The molecule has 24 heavy (non-hydrogen) atoms. The second kappa shape index (κ2) is 7.58. The minimum absolute atomic E-state index is 0.131. The minimum Gasteiger partial charge on any atom is -0.481 e. The van der Waals surface area contributed by atoms with E-state index in [0.29, 0.717) is 0 Å². The number of imide groups is 1. The van der Waals surface area contributed by atoms with Crippen molar-refractivity contribution >= 4 is 23.9 Å². The number of nitrogens with one attached hydrogen (secondary N) is 1. The highest BCUT2D eigenvalue weighted by molar-refractivity contribution is 5.97. The van der Waals surface area contributed by atoms with E-state index in [9.17, 15) is 24.3 Å². The Morgan fingerprint density at radius 3 is 2.75 bits per heavy atom. The molecule has 0 aromatic rings. The smallest absolute Gasteiger partial charge is 0.326 e. The number of aliphatic carboxylic acids is 1. The lowest BCUT2D eigenvalue weighted by molar-refractivity contribution is -0.153. The third-order valence-electron chi connectivity index (χ3n) is 3.91. The second-order valence-corrected chi connectivity index (χ2v) is 5.86. The molecule has 4 atom stereocenters. The highest BCUT2D eigenvalue weighted by Gasteiger charge is 2.42. The molecule has 2 saturated heterocycles. The van der Waals surface area contributed by atoms with Crippen LogP contribution >= 0.6 is 0 Å². The molecule has 2 heterocycles. The summed E-state index contributed by atoms with van der Waals surface area (Å²) in [6, 6.07) is -0.589. The molecule has 2 fully saturated rings. The number of carboxylic acid groups (broad SMARTS) is 1. The predicted octanol–water partition coefficient (Wildman–Crippen LogP) is -0.942. The van der Waals surface area contributed by atoms with Crippen LogP contribution in [0.1, 0.15) is 26.2 Å². The molecule has 0 radical (unpaired) electrons. The first kappa shape index (κ1) is 18.1. The lowest BCUT2D eigenvalue weighted by Crippen LogP contribution is -2.57. The number of aliphatic hydroxyl groups is 1. The van der Waals surface area contributed by atoms with E-state index in [-0.39, 0.29) is 38.3 Å². The van der Waals surface area contributed by atoms with Crippen LogP contribution in [0.3, 0.4) is 0 Å². The van der Waals surface area contributed by atoms with E-state index in [1.54, 1.807) is 6.92 Å². The summed E-state index contributed by atoms with van der Waals surface area (Å²) in [6.07, 6.45) is -2.96. The van der Waals surface area contributed by atoms with Crippen molar-refractivity contribution in [1.82, 2.24) is 10.2 Å². The summed E-state index contributed by atoms with van der Waals surface area (Å²) in [6.45, 7) is 1.61. The first-order valence-electron chi connectivity index (χ1n) is 7.60. The van der Waals surface area contributed by atoms with Gasteiger partial charge < -0.3 is 19.7 Å². The van der Waals surface area contributed by atoms with Crippen LogP contribution in [0.2, 0.25) is 0 Å². The van der Waals surface area contributed by atoms with Crippen molar-refractivity contribution in [3.63, 3.8) is 0 Å². The topological polar surface area (TPSA) is 142 Å². The summed E-state index contributed by atoms with van der Waals surface area (Å²) in [4.78, 5) is 46.4. The van der Waals surface area contributed by atoms with E-state index in [4.69, 9.17) is 14.6 Å². The average molecular weight is 344 g/mol. The Kier molecular flexibility index (Phi) is 5.73. The number of hydrogen-bond acceptors (Lipinski definition) is 7. The van der Waals surface area contributed by atoms with Crippen molar-refractivity contribution < 1.29 is 38.9 Å². The molecule has 0 aromatic carbocycles. The number of rotatable bonds is 6. The molecule has 134 valence electrons. The monoisotopic (exact) mass is 344 g/mol. The van der Waals surface area contributed by atoms with Crippen LogP contribution in [0.5, 0.6) is 0 Å². The maximum Gasteiger partial charge on any atom is 0.326 e. The first-order chi connectivity index (χ1) is 11.3.